The molecule has 3 heteroatoms. The summed E-state index contributed by atoms with van der Waals surface area (Å²) < 4.78 is 1.97. The van der Waals surface area contributed by atoms with Crippen LogP contribution in [-0.4, -0.2) is 10.4 Å². The minimum Gasteiger partial charge on any atom is -0.350 e. The number of halogens is 1. The van der Waals surface area contributed by atoms with Gasteiger partial charge in [-0.3, -0.25) is 4.79 Å². The van der Waals surface area contributed by atoms with Crippen LogP contribution >= 0.6 is 11.6 Å². The predicted octanol–water partition coefficient (Wildman–Crippen LogP) is 4.84. The Labute approximate surface area is 119 Å². The van der Waals surface area contributed by atoms with Gasteiger partial charge in [0.1, 0.15) is 0 Å². The summed E-state index contributed by atoms with van der Waals surface area (Å²) in [7, 11) is 1.95. The molecule has 1 aromatic heterocycles. The molecule has 0 N–H and O–H groups in total. The molecule has 0 aliphatic rings. The predicted molar refractivity (Wildman–Crippen MR) is 80.9 cm³/mol. The lowest BCUT2D eigenvalue weighted by molar-refractivity contribution is 0.0924. The van der Waals surface area contributed by atoms with Gasteiger partial charge in [0.15, 0.2) is 5.78 Å². The highest BCUT2D eigenvalue weighted by molar-refractivity contribution is 6.31. The Balaban J connectivity index is 2.37. The zero-order valence-corrected chi connectivity index (χ0v) is 12.5. The van der Waals surface area contributed by atoms with Gasteiger partial charge in [-0.2, -0.15) is 0 Å². The van der Waals surface area contributed by atoms with E-state index in [-0.39, 0.29) is 11.7 Å². The molecule has 1 heterocycles. The summed E-state index contributed by atoms with van der Waals surface area (Å²) in [6.07, 6.45) is 5.11. The topological polar surface area (TPSA) is 22.0 Å². The van der Waals surface area contributed by atoms with E-state index in [4.69, 9.17) is 11.6 Å². The molecule has 0 saturated carbocycles. The van der Waals surface area contributed by atoms with Crippen molar-refractivity contribution in [3.8, 4) is 0 Å². The Kier molecular flexibility index (Phi) is 4.31. The largest absolute Gasteiger partial charge is 0.350 e. The zero-order valence-electron chi connectivity index (χ0n) is 11.7. The van der Waals surface area contributed by atoms with E-state index >= 15 is 0 Å². The van der Waals surface area contributed by atoms with E-state index in [9.17, 15) is 4.79 Å². The Hall–Kier alpha value is -1.28. The lowest BCUT2D eigenvalue weighted by atomic mass is 9.94. The first-order valence-corrected chi connectivity index (χ1v) is 7.21. The highest BCUT2D eigenvalue weighted by atomic mass is 35.5. The Morgan fingerprint density at radius 1 is 1.42 bits per heavy atom. The zero-order chi connectivity index (χ0) is 14.0. The van der Waals surface area contributed by atoms with Crippen molar-refractivity contribution in [2.24, 2.45) is 13.0 Å². The van der Waals surface area contributed by atoms with Gasteiger partial charge in [0, 0.05) is 40.7 Å². The van der Waals surface area contributed by atoms with Crippen LogP contribution in [0.4, 0.5) is 0 Å². The second-order valence-electron chi connectivity index (χ2n) is 5.22. The van der Waals surface area contributed by atoms with E-state index in [0.29, 0.717) is 5.02 Å². The molecular formula is C16H20ClNO. The van der Waals surface area contributed by atoms with Crippen LogP contribution in [0.5, 0.6) is 0 Å². The molecule has 19 heavy (non-hydrogen) atoms. The molecular weight excluding hydrogens is 258 g/mol. The first kappa shape index (κ1) is 14.1. The Bertz CT molecular complexity index is 600. The maximum Gasteiger partial charge on any atom is 0.167 e. The standard InChI is InChI=1S/C16H20ClNO/c1-4-5-6-11(2)16(19)14-10-18(3)15-9-12(17)7-8-13(14)15/h7-11H,4-6H2,1-3H3. The monoisotopic (exact) mass is 277 g/mol. The van der Waals surface area contributed by atoms with E-state index in [1.54, 1.807) is 0 Å². The molecule has 1 aromatic carbocycles. The van der Waals surface area contributed by atoms with Crippen molar-refractivity contribution in [3.63, 3.8) is 0 Å². The third kappa shape index (κ3) is 2.84. The molecule has 2 rings (SSSR count). The van der Waals surface area contributed by atoms with Gasteiger partial charge in [-0.1, -0.05) is 44.4 Å². The number of fused-ring (bicyclic) bond motifs is 1. The number of Topliss-reactive ketones (excluding diaryl/α,β-unsaturated/α-hetero) is 1. The second-order valence-corrected chi connectivity index (χ2v) is 5.66. The van der Waals surface area contributed by atoms with Crippen LogP contribution in [0.2, 0.25) is 5.02 Å². The fourth-order valence-corrected chi connectivity index (χ4v) is 2.63. The third-order valence-electron chi connectivity index (χ3n) is 3.66. The number of ketones is 1. The summed E-state index contributed by atoms with van der Waals surface area (Å²) in [5.74, 6) is 0.322. The number of hydrogen-bond donors (Lipinski definition) is 0. The molecule has 0 amide bonds. The summed E-state index contributed by atoms with van der Waals surface area (Å²) in [6, 6.07) is 5.69. The Morgan fingerprint density at radius 3 is 2.84 bits per heavy atom. The molecule has 0 saturated heterocycles. The molecule has 1 unspecified atom stereocenters. The summed E-state index contributed by atoms with van der Waals surface area (Å²) in [5, 5.41) is 1.70. The van der Waals surface area contributed by atoms with Gasteiger partial charge in [0.05, 0.1) is 0 Å². The average Bonchev–Trinajstić information content (AvgIpc) is 2.72. The van der Waals surface area contributed by atoms with E-state index in [0.717, 1.165) is 35.7 Å². The average molecular weight is 278 g/mol. The lowest BCUT2D eigenvalue weighted by Gasteiger charge is -2.08. The van der Waals surface area contributed by atoms with E-state index in [1.807, 2.05) is 42.9 Å². The molecule has 1 atom stereocenters. The molecule has 102 valence electrons. The van der Waals surface area contributed by atoms with Gasteiger partial charge >= 0.3 is 0 Å². The molecule has 0 spiro atoms. The van der Waals surface area contributed by atoms with Crippen LogP contribution in [0, 0.1) is 5.92 Å². The maximum atomic E-state index is 12.5. The molecule has 0 aliphatic carbocycles. The minimum absolute atomic E-state index is 0.0845. The lowest BCUT2D eigenvalue weighted by Crippen LogP contribution is -2.10. The van der Waals surface area contributed by atoms with Gasteiger partial charge in [-0.15, -0.1) is 0 Å². The van der Waals surface area contributed by atoms with Gasteiger partial charge < -0.3 is 4.57 Å². The fourth-order valence-electron chi connectivity index (χ4n) is 2.46. The number of unbranched alkanes of at least 4 members (excludes halogenated alkanes) is 1. The van der Waals surface area contributed by atoms with Crippen LogP contribution in [0.1, 0.15) is 43.5 Å². The minimum atomic E-state index is 0.0845. The van der Waals surface area contributed by atoms with Crippen LogP contribution in [-0.2, 0) is 7.05 Å². The van der Waals surface area contributed by atoms with Gasteiger partial charge in [0.25, 0.3) is 0 Å². The van der Waals surface area contributed by atoms with Gasteiger partial charge in [0.2, 0.25) is 0 Å². The van der Waals surface area contributed by atoms with Crippen molar-refractivity contribution in [3.05, 3.63) is 35.0 Å². The summed E-state index contributed by atoms with van der Waals surface area (Å²) in [5.41, 5.74) is 1.83. The van der Waals surface area contributed by atoms with Crippen molar-refractivity contribution in [1.29, 1.82) is 0 Å². The number of benzene rings is 1. The highest BCUT2D eigenvalue weighted by Gasteiger charge is 2.19. The third-order valence-corrected chi connectivity index (χ3v) is 3.89. The molecule has 2 nitrogen and oxygen atoms in total. The SMILES string of the molecule is CCCCC(C)C(=O)c1cn(C)c2cc(Cl)ccc12. The van der Waals surface area contributed by atoms with Gasteiger partial charge in [-0.25, -0.2) is 0 Å². The van der Waals surface area contributed by atoms with E-state index < -0.39 is 0 Å². The van der Waals surface area contributed by atoms with Crippen LogP contribution in [0.3, 0.4) is 0 Å². The van der Waals surface area contributed by atoms with Crippen molar-refractivity contribution >= 4 is 28.3 Å². The number of carbonyl (C=O) groups is 1. The first-order valence-electron chi connectivity index (χ1n) is 6.83. The van der Waals surface area contributed by atoms with Crippen molar-refractivity contribution < 1.29 is 4.79 Å². The molecule has 0 bridgehead atoms. The number of nitrogens with zero attached hydrogens (tertiary/aromatic N) is 1. The van der Waals surface area contributed by atoms with Crippen LogP contribution in [0.25, 0.3) is 10.9 Å². The Morgan fingerprint density at radius 2 is 2.16 bits per heavy atom. The molecule has 0 radical (unpaired) electrons. The van der Waals surface area contributed by atoms with Crippen molar-refractivity contribution in [2.45, 2.75) is 33.1 Å². The van der Waals surface area contributed by atoms with E-state index in [1.165, 1.54) is 0 Å². The number of aryl methyl sites for hydroxylation is 1. The summed E-state index contributed by atoms with van der Waals surface area (Å²) >= 11 is 6.01. The van der Waals surface area contributed by atoms with Crippen LogP contribution in [0.15, 0.2) is 24.4 Å². The second kappa shape index (κ2) is 5.79. The first-order chi connectivity index (χ1) is 9.04. The molecule has 2 aromatic rings. The molecule has 0 fully saturated rings. The van der Waals surface area contributed by atoms with Crippen molar-refractivity contribution in [2.75, 3.05) is 0 Å². The number of hydrogen-bond acceptors (Lipinski definition) is 1. The fraction of sp³-hybridized carbons (Fsp3) is 0.438. The summed E-state index contributed by atoms with van der Waals surface area (Å²) in [6.45, 7) is 4.17. The number of carbonyl (C=O) groups excluding carboxylic acids is 1. The highest BCUT2D eigenvalue weighted by Crippen LogP contribution is 2.27. The van der Waals surface area contributed by atoms with E-state index in [2.05, 4.69) is 6.92 Å². The smallest absolute Gasteiger partial charge is 0.167 e. The quantitative estimate of drug-likeness (QED) is 0.717. The van der Waals surface area contributed by atoms with Gasteiger partial charge in [-0.05, 0) is 18.6 Å². The summed E-state index contributed by atoms with van der Waals surface area (Å²) in [4.78, 5) is 12.5. The van der Waals surface area contributed by atoms with Crippen molar-refractivity contribution in [1.82, 2.24) is 4.57 Å². The van der Waals surface area contributed by atoms with Crippen LogP contribution < -0.4 is 0 Å². The normalized spacial score (nSPS) is 12.8. The number of rotatable bonds is 5. The maximum absolute atomic E-state index is 12.5. The molecule has 0 aliphatic heterocycles. The number of aromatic nitrogens is 1.